The van der Waals surface area contributed by atoms with Crippen LogP contribution in [0.5, 0.6) is 0 Å². The van der Waals surface area contributed by atoms with Crippen molar-refractivity contribution in [1.82, 2.24) is 10.2 Å². The number of nitrogens with zero attached hydrogens (tertiary/aromatic N) is 1. The summed E-state index contributed by atoms with van der Waals surface area (Å²) in [4.78, 5) is 14.1. The highest BCUT2D eigenvalue weighted by atomic mass is 16.5. The minimum atomic E-state index is -0.399. The molecule has 0 aromatic carbocycles. The van der Waals surface area contributed by atoms with Crippen LogP contribution in [0.4, 0.5) is 0 Å². The van der Waals surface area contributed by atoms with Crippen LogP contribution in [-0.2, 0) is 11.3 Å². The number of esters is 1. The molecule has 5 heteroatoms. The van der Waals surface area contributed by atoms with E-state index in [0.29, 0.717) is 11.8 Å². The number of methoxy groups -OCH3 is 1. The van der Waals surface area contributed by atoms with Gasteiger partial charge in [0.2, 0.25) is 5.76 Å². The fourth-order valence-corrected chi connectivity index (χ4v) is 3.03. The first-order valence-electron chi connectivity index (χ1n) is 7.72. The van der Waals surface area contributed by atoms with Crippen LogP contribution >= 0.6 is 0 Å². The average molecular weight is 294 g/mol. The summed E-state index contributed by atoms with van der Waals surface area (Å²) in [5.41, 5.74) is 0.848. The largest absolute Gasteiger partial charge is 0.463 e. The Balaban J connectivity index is 2.03. The number of carbonyl (C=O) groups is 1. The molecule has 0 bridgehead atoms. The van der Waals surface area contributed by atoms with Crippen LogP contribution in [-0.4, -0.2) is 44.2 Å². The van der Waals surface area contributed by atoms with Gasteiger partial charge in [-0.15, -0.1) is 0 Å². The third-order valence-corrected chi connectivity index (χ3v) is 4.18. The van der Waals surface area contributed by atoms with Gasteiger partial charge >= 0.3 is 5.97 Å². The summed E-state index contributed by atoms with van der Waals surface area (Å²) >= 11 is 0. The van der Waals surface area contributed by atoms with Crippen molar-refractivity contribution in [2.45, 2.75) is 45.2 Å². The van der Waals surface area contributed by atoms with E-state index in [1.54, 1.807) is 0 Å². The minimum absolute atomic E-state index is 0.330. The predicted octanol–water partition coefficient (Wildman–Crippen LogP) is 2.34. The molecule has 1 aromatic heterocycles. The summed E-state index contributed by atoms with van der Waals surface area (Å²) in [6.07, 6.45) is 4.93. The van der Waals surface area contributed by atoms with Crippen molar-refractivity contribution in [2.75, 3.05) is 27.2 Å². The molecule has 0 saturated carbocycles. The number of furan rings is 1. The molecule has 0 aliphatic carbocycles. The normalized spacial score (nSPS) is 19.7. The van der Waals surface area contributed by atoms with Gasteiger partial charge in [0.1, 0.15) is 5.76 Å². The first kappa shape index (κ1) is 16.0. The van der Waals surface area contributed by atoms with Crippen LogP contribution in [0, 0.1) is 6.92 Å². The molecule has 118 valence electrons. The molecule has 2 heterocycles. The van der Waals surface area contributed by atoms with Gasteiger partial charge in [-0.1, -0.05) is 6.42 Å². The Kier molecular flexibility index (Phi) is 5.82. The molecule has 2 rings (SSSR count). The molecule has 1 saturated heterocycles. The zero-order valence-electron chi connectivity index (χ0n) is 13.3. The van der Waals surface area contributed by atoms with Crippen molar-refractivity contribution < 1.29 is 13.9 Å². The van der Waals surface area contributed by atoms with Crippen molar-refractivity contribution in [3.05, 3.63) is 23.2 Å². The van der Waals surface area contributed by atoms with Crippen LogP contribution in [0.1, 0.15) is 47.6 Å². The Morgan fingerprint density at radius 3 is 3.05 bits per heavy atom. The second kappa shape index (κ2) is 7.61. The van der Waals surface area contributed by atoms with Crippen molar-refractivity contribution >= 4 is 5.97 Å². The van der Waals surface area contributed by atoms with E-state index in [-0.39, 0.29) is 0 Å². The standard InChI is InChI=1S/C16H26N2O3/c1-12-10-14(21-15(12)16(19)20-3)11-18-9-5-4-6-13(18)7-8-17-2/h10,13,17H,4-9,11H2,1-3H3. The number of hydrogen-bond acceptors (Lipinski definition) is 5. The Morgan fingerprint density at radius 2 is 2.33 bits per heavy atom. The summed E-state index contributed by atoms with van der Waals surface area (Å²) in [6, 6.07) is 2.55. The summed E-state index contributed by atoms with van der Waals surface area (Å²) in [5.74, 6) is 0.782. The summed E-state index contributed by atoms with van der Waals surface area (Å²) in [7, 11) is 3.37. The molecule has 0 spiro atoms. The maximum Gasteiger partial charge on any atom is 0.374 e. The second-order valence-corrected chi connectivity index (χ2v) is 5.73. The first-order chi connectivity index (χ1) is 10.2. The fourth-order valence-electron chi connectivity index (χ4n) is 3.03. The molecule has 1 aromatic rings. The van der Waals surface area contributed by atoms with Crippen LogP contribution in [0.25, 0.3) is 0 Å². The summed E-state index contributed by atoms with van der Waals surface area (Å²) in [5, 5.41) is 3.22. The summed E-state index contributed by atoms with van der Waals surface area (Å²) in [6.45, 7) is 4.79. The summed E-state index contributed by atoms with van der Waals surface area (Å²) < 4.78 is 10.4. The molecule has 5 nitrogen and oxygen atoms in total. The molecular formula is C16H26N2O3. The van der Waals surface area contributed by atoms with Gasteiger partial charge in [0.05, 0.1) is 13.7 Å². The smallest absolute Gasteiger partial charge is 0.374 e. The molecule has 1 fully saturated rings. The highest BCUT2D eigenvalue weighted by molar-refractivity contribution is 5.87. The lowest BCUT2D eigenvalue weighted by Crippen LogP contribution is -2.40. The van der Waals surface area contributed by atoms with Crippen molar-refractivity contribution in [3.63, 3.8) is 0 Å². The molecule has 0 amide bonds. The van der Waals surface area contributed by atoms with Gasteiger partial charge in [-0.3, -0.25) is 4.90 Å². The van der Waals surface area contributed by atoms with Gasteiger partial charge in [-0.2, -0.15) is 0 Å². The molecule has 1 aliphatic rings. The van der Waals surface area contributed by atoms with Crippen molar-refractivity contribution in [3.8, 4) is 0 Å². The van der Waals surface area contributed by atoms with E-state index in [0.717, 1.165) is 37.4 Å². The van der Waals surface area contributed by atoms with E-state index in [9.17, 15) is 4.79 Å². The molecule has 1 aliphatic heterocycles. The Bertz CT molecular complexity index is 470. The van der Waals surface area contributed by atoms with Crippen molar-refractivity contribution in [1.29, 1.82) is 0 Å². The van der Waals surface area contributed by atoms with Gasteiger partial charge in [0, 0.05) is 11.6 Å². The van der Waals surface area contributed by atoms with Crippen LogP contribution in [0.3, 0.4) is 0 Å². The van der Waals surface area contributed by atoms with E-state index >= 15 is 0 Å². The number of likely N-dealkylation sites (tertiary alicyclic amines) is 1. The number of rotatable bonds is 6. The van der Waals surface area contributed by atoms with Gasteiger partial charge < -0.3 is 14.5 Å². The van der Waals surface area contributed by atoms with E-state index in [4.69, 9.17) is 9.15 Å². The number of nitrogens with one attached hydrogen (secondary N) is 1. The number of ether oxygens (including phenoxy) is 1. The lowest BCUT2D eigenvalue weighted by Gasteiger charge is -2.35. The number of piperidine rings is 1. The van der Waals surface area contributed by atoms with E-state index in [2.05, 4.69) is 10.2 Å². The van der Waals surface area contributed by atoms with E-state index in [1.165, 1.54) is 26.4 Å². The molecule has 1 unspecified atom stereocenters. The molecule has 0 radical (unpaired) electrons. The first-order valence-corrected chi connectivity index (χ1v) is 7.72. The topological polar surface area (TPSA) is 54.7 Å². The van der Waals surface area contributed by atoms with Gasteiger partial charge in [-0.25, -0.2) is 4.79 Å². The SMILES string of the molecule is CNCCC1CCCCN1Cc1cc(C)c(C(=O)OC)o1. The van der Waals surface area contributed by atoms with Crippen LogP contribution in [0.15, 0.2) is 10.5 Å². The highest BCUT2D eigenvalue weighted by Gasteiger charge is 2.24. The zero-order chi connectivity index (χ0) is 15.2. The maximum atomic E-state index is 11.6. The lowest BCUT2D eigenvalue weighted by molar-refractivity contribution is 0.0557. The third kappa shape index (κ3) is 4.08. The second-order valence-electron chi connectivity index (χ2n) is 5.73. The maximum absolute atomic E-state index is 11.6. The van der Waals surface area contributed by atoms with E-state index in [1.807, 2.05) is 20.0 Å². The Hall–Kier alpha value is -1.33. The third-order valence-electron chi connectivity index (χ3n) is 4.18. The van der Waals surface area contributed by atoms with Gasteiger partial charge in [0.25, 0.3) is 0 Å². The number of carbonyl (C=O) groups excluding carboxylic acids is 1. The predicted molar refractivity (Wildman–Crippen MR) is 81.4 cm³/mol. The highest BCUT2D eigenvalue weighted by Crippen LogP contribution is 2.24. The number of aryl methyl sites for hydroxylation is 1. The zero-order valence-corrected chi connectivity index (χ0v) is 13.3. The lowest BCUT2D eigenvalue weighted by atomic mass is 9.99. The van der Waals surface area contributed by atoms with E-state index < -0.39 is 5.97 Å². The van der Waals surface area contributed by atoms with Crippen molar-refractivity contribution in [2.24, 2.45) is 0 Å². The Labute approximate surface area is 126 Å². The van der Waals surface area contributed by atoms with Gasteiger partial charge in [0.15, 0.2) is 0 Å². The average Bonchev–Trinajstić information content (AvgIpc) is 2.86. The molecular weight excluding hydrogens is 268 g/mol. The molecule has 1 N–H and O–H groups in total. The number of hydrogen-bond donors (Lipinski definition) is 1. The minimum Gasteiger partial charge on any atom is -0.463 e. The Morgan fingerprint density at radius 1 is 1.52 bits per heavy atom. The molecule has 1 atom stereocenters. The van der Waals surface area contributed by atoms with Crippen LogP contribution < -0.4 is 5.32 Å². The van der Waals surface area contributed by atoms with Gasteiger partial charge in [-0.05, 0) is 52.4 Å². The van der Waals surface area contributed by atoms with Crippen LogP contribution in [0.2, 0.25) is 0 Å². The molecule has 21 heavy (non-hydrogen) atoms. The monoisotopic (exact) mass is 294 g/mol. The fraction of sp³-hybridized carbons (Fsp3) is 0.688. The quantitative estimate of drug-likeness (QED) is 0.816.